The Labute approximate surface area is 152 Å². The van der Waals surface area contributed by atoms with Gasteiger partial charge >= 0.3 is 6.18 Å². The van der Waals surface area contributed by atoms with Crippen LogP contribution in [0.1, 0.15) is 44.2 Å². The second-order valence-electron chi connectivity index (χ2n) is 6.81. The molecule has 1 atom stereocenters. The van der Waals surface area contributed by atoms with Gasteiger partial charge in [-0.05, 0) is 23.6 Å². The molecule has 1 heterocycles. The van der Waals surface area contributed by atoms with Gasteiger partial charge < -0.3 is 15.0 Å². The normalized spacial score (nSPS) is 16.4. The van der Waals surface area contributed by atoms with Crippen LogP contribution in [-0.4, -0.2) is 32.2 Å². The molecule has 1 aromatic rings. The van der Waals surface area contributed by atoms with Crippen LogP contribution in [0, 0.1) is 5.92 Å². The molecule has 1 saturated heterocycles. The number of benzene rings is 1. The molecule has 0 radical (unpaired) electrons. The van der Waals surface area contributed by atoms with Crippen molar-refractivity contribution < 1.29 is 22.7 Å². The summed E-state index contributed by atoms with van der Waals surface area (Å²) in [4.78, 5) is 13.8. The summed E-state index contributed by atoms with van der Waals surface area (Å²) in [7, 11) is 0. The fraction of sp³-hybridized carbons (Fsp3) is 0.632. The quantitative estimate of drug-likeness (QED) is 0.787. The van der Waals surface area contributed by atoms with E-state index in [1.807, 2.05) is 18.7 Å². The first-order chi connectivity index (χ1) is 12.3. The Kier molecular flexibility index (Phi) is 7.32. The number of carbonyl (C=O) groups is 1. The van der Waals surface area contributed by atoms with Crippen molar-refractivity contribution in [1.29, 1.82) is 0 Å². The van der Waals surface area contributed by atoms with Gasteiger partial charge in [-0.25, -0.2) is 0 Å². The van der Waals surface area contributed by atoms with Crippen LogP contribution in [0.5, 0.6) is 0 Å². The third kappa shape index (κ3) is 5.90. The standard InChI is InChI=1S/C19H27F3N2O2/c1-3-4-14(2)11-18(25)23-13-15-5-6-16(12-17(15)19(20,21)22)24-7-9-26-10-8-24/h5-6,12,14H,3-4,7-11,13H2,1-2H3,(H,23,25). The number of hydrogen-bond acceptors (Lipinski definition) is 3. The van der Waals surface area contributed by atoms with Crippen molar-refractivity contribution in [1.82, 2.24) is 5.32 Å². The van der Waals surface area contributed by atoms with Crippen LogP contribution in [0.15, 0.2) is 18.2 Å². The molecule has 7 heteroatoms. The summed E-state index contributed by atoms with van der Waals surface area (Å²) in [5, 5.41) is 2.63. The van der Waals surface area contributed by atoms with E-state index in [2.05, 4.69) is 5.32 Å². The lowest BCUT2D eigenvalue weighted by atomic mass is 10.0. The van der Waals surface area contributed by atoms with Crippen molar-refractivity contribution in [3.8, 4) is 0 Å². The highest BCUT2D eigenvalue weighted by atomic mass is 19.4. The maximum atomic E-state index is 13.5. The maximum Gasteiger partial charge on any atom is 0.416 e. The average molecular weight is 372 g/mol. The van der Waals surface area contributed by atoms with Gasteiger partial charge in [0.2, 0.25) is 5.91 Å². The third-order valence-electron chi connectivity index (χ3n) is 4.57. The van der Waals surface area contributed by atoms with E-state index in [9.17, 15) is 18.0 Å². The van der Waals surface area contributed by atoms with Gasteiger partial charge in [-0.2, -0.15) is 13.2 Å². The van der Waals surface area contributed by atoms with Crippen LogP contribution in [0.4, 0.5) is 18.9 Å². The molecule has 0 bridgehead atoms. The number of amides is 1. The molecule has 1 aliphatic rings. The Hall–Kier alpha value is -1.76. The van der Waals surface area contributed by atoms with E-state index in [1.54, 1.807) is 6.07 Å². The molecule has 26 heavy (non-hydrogen) atoms. The minimum Gasteiger partial charge on any atom is -0.378 e. The van der Waals surface area contributed by atoms with Crippen LogP contribution in [-0.2, 0) is 22.3 Å². The number of morpholine rings is 1. The van der Waals surface area contributed by atoms with Crippen molar-refractivity contribution in [3.05, 3.63) is 29.3 Å². The number of carbonyl (C=O) groups excluding carboxylic acids is 1. The van der Waals surface area contributed by atoms with E-state index in [0.29, 0.717) is 38.4 Å². The summed E-state index contributed by atoms with van der Waals surface area (Å²) < 4.78 is 45.7. The molecular weight excluding hydrogens is 345 g/mol. The molecule has 1 amide bonds. The Morgan fingerprint density at radius 2 is 2.00 bits per heavy atom. The summed E-state index contributed by atoms with van der Waals surface area (Å²) in [5.41, 5.74) is -0.0679. The Balaban J connectivity index is 2.08. The molecule has 0 aliphatic carbocycles. The van der Waals surface area contributed by atoms with Gasteiger partial charge in [0.05, 0.1) is 18.8 Å². The topological polar surface area (TPSA) is 41.6 Å². The van der Waals surface area contributed by atoms with Gasteiger partial charge in [-0.1, -0.05) is 32.8 Å². The van der Waals surface area contributed by atoms with E-state index < -0.39 is 11.7 Å². The van der Waals surface area contributed by atoms with Crippen LogP contribution >= 0.6 is 0 Å². The minimum absolute atomic E-state index is 0.0889. The molecule has 2 rings (SSSR count). The number of nitrogens with one attached hydrogen (secondary N) is 1. The largest absolute Gasteiger partial charge is 0.416 e. The Morgan fingerprint density at radius 3 is 2.62 bits per heavy atom. The van der Waals surface area contributed by atoms with Crippen molar-refractivity contribution >= 4 is 11.6 Å². The number of rotatable bonds is 7. The van der Waals surface area contributed by atoms with Crippen LogP contribution in [0.3, 0.4) is 0 Å². The van der Waals surface area contributed by atoms with Gasteiger partial charge in [-0.3, -0.25) is 4.79 Å². The van der Waals surface area contributed by atoms with Crippen LogP contribution in [0.2, 0.25) is 0 Å². The number of hydrogen-bond donors (Lipinski definition) is 1. The van der Waals surface area contributed by atoms with E-state index in [4.69, 9.17) is 4.74 Å². The van der Waals surface area contributed by atoms with E-state index in [-0.39, 0.29) is 23.9 Å². The summed E-state index contributed by atoms with van der Waals surface area (Å²) >= 11 is 0. The van der Waals surface area contributed by atoms with Gasteiger partial charge in [-0.15, -0.1) is 0 Å². The van der Waals surface area contributed by atoms with Gasteiger partial charge in [0.25, 0.3) is 0 Å². The molecule has 1 aromatic carbocycles. The van der Waals surface area contributed by atoms with Crippen molar-refractivity contribution in [2.24, 2.45) is 5.92 Å². The number of anilines is 1. The molecule has 1 aliphatic heterocycles. The van der Waals surface area contributed by atoms with E-state index in [1.165, 1.54) is 12.1 Å². The number of alkyl halides is 3. The van der Waals surface area contributed by atoms with Crippen LogP contribution < -0.4 is 10.2 Å². The molecule has 1 fully saturated rings. The molecule has 146 valence electrons. The summed E-state index contributed by atoms with van der Waals surface area (Å²) in [6.45, 7) is 6.06. The lowest BCUT2D eigenvalue weighted by Gasteiger charge is -2.29. The molecular formula is C19H27F3N2O2. The van der Waals surface area contributed by atoms with Gasteiger partial charge in [0.15, 0.2) is 0 Å². The lowest BCUT2D eigenvalue weighted by Crippen LogP contribution is -2.36. The Bertz CT molecular complexity index is 599. The maximum absolute atomic E-state index is 13.5. The molecule has 0 spiro atoms. The first kappa shape index (κ1) is 20.6. The highest BCUT2D eigenvalue weighted by Crippen LogP contribution is 2.35. The zero-order chi connectivity index (χ0) is 19.2. The number of halogens is 3. The second kappa shape index (κ2) is 9.26. The average Bonchev–Trinajstić information content (AvgIpc) is 2.60. The minimum atomic E-state index is -4.46. The first-order valence-corrected chi connectivity index (χ1v) is 9.10. The summed E-state index contributed by atoms with van der Waals surface area (Å²) in [6, 6.07) is 4.32. The highest BCUT2D eigenvalue weighted by Gasteiger charge is 2.34. The summed E-state index contributed by atoms with van der Waals surface area (Å²) in [5.74, 6) is 0.0158. The summed E-state index contributed by atoms with van der Waals surface area (Å²) in [6.07, 6.45) is -2.22. The van der Waals surface area contributed by atoms with Crippen molar-refractivity contribution in [2.45, 2.75) is 45.8 Å². The fourth-order valence-corrected chi connectivity index (χ4v) is 3.18. The molecule has 4 nitrogen and oxygen atoms in total. The highest BCUT2D eigenvalue weighted by molar-refractivity contribution is 5.76. The predicted octanol–water partition coefficient (Wildman–Crippen LogP) is 3.98. The predicted molar refractivity (Wildman–Crippen MR) is 95.0 cm³/mol. The molecule has 1 N–H and O–H groups in total. The molecule has 0 aromatic heterocycles. The third-order valence-corrected chi connectivity index (χ3v) is 4.57. The zero-order valence-electron chi connectivity index (χ0n) is 15.4. The second-order valence-corrected chi connectivity index (χ2v) is 6.81. The van der Waals surface area contributed by atoms with Gasteiger partial charge in [0, 0.05) is 31.7 Å². The zero-order valence-corrected chi connectivity index (χ0v) is 15.4. The molecule has 0 saturated carbocycles. The smallest absolute Gasteiger partial charge is 0.378 e. The number of ether oxygens (including phenoxy) is 1. The first-order valence-electron chi connectivity index (χ1n) is 9.10. The van der Waals surface area contributed by atoms with Crippen molar-refractivity contribution in [2.75, 3.05) is 31.2 Å². The SMILES string of the molecule is CCCC(C)CC(=O)NCc1ccc(N2CCOCC2)cc1C(F)(F)F. The fourth-order valence-electron chi connectivity index (χ4n) is 3.18. The molecule has 1 unspecified atom stereocenters. The van der Waals surface area contributed by atoms with Crippen molar-refractivity contribution in [3.63, 3.8) is 0 Å². The van der Waals surface area contributed by atoms with E-state index in [0.717, 1.165) is 12.8 Å². The monoisotopic (exact) mass is 372 g/mol. The number of nitrogens with zero attached hydrogens (tertiary/aromatic N) is 1. The lowest BCUT2D eigenvalue weighted by molar-refractivity contribution is -0.138. The van der Waals surface area contributed by atoms with Crippen LogP contribution in [0.25, 0.3) is 0 Å². The van der Waals surface area contributed by atoms with Gasteiger partial charge in [0.1, 0.15) is 0 Å². The Morgan fingerprint density at radius 1 is 1.31 bits per heavy atom. The van der Waals surface area contributed by atoms with E-state index >= 15 is 0 Å².